The number of hydrogen-bond donors (Lipinski definition) is 2. The highest BCUT2D eigenvalue weighted by molar-refractivity contribution is 6.07. The van der Waals surface area contributed by atoms with E-state index >= 15 is 0 Å². The van der Waals surface area contributed by atoms with E-state index in [1.807, 2.05) is 25.1 Å². The van der Waals surface area contributed by atoms with Gasteiger partial charge in [0.25, 0.3) is 5.91 Å². The summed E-state index contributed by atoms with van der Waals surface area (Å²) in [6, 6.07) is 12.0. The summed E-state index contributed by atoms with van der Waals surface area (Å²) in [7, 11) is 0. The van der Waals surface area contributed by atoms with Crippen molar-refractivity contribution >= 4 is 11.9 Å². The third-order valence-electron chi connectivity index (χ3n) is 5.05. The van der Waals surface area contributed by atoms with Crippen LogP contribution < -0.4 is 19.5 Å². The molecule has 8 nitrogen and oxygen atoms in total. The number of amides is 3. The highest BCUT2D eigenvalue weighted by atomic mass is 16.7. The van der Waals surface area contributed by atoms with Crippen LogP contribution in [-0.4, -0.2) is 48.0 Å². The van der Waals surface area contributed by atoms with Crippen LogP contribution in [0.5, 0.6) is 17.2 Å². The van der Waals surface area contributed by atoms with Crippen LogP contribution in [-0.2, 0) is 10.3 Å². The van der Waals surface area contributed by atoms with Crippen molar-refractivity contribution in [2.24, 2.45) is 0 Å². The lowest BCUT2D eigenvalue weighted by molar-refractivity contribution is -0.132. The minimum absolute atomic E-state index is 0.0404. The van der Waals surface area contributed by atoms with Crippen molar-refractivity contribution in [2.75, 3.05) is 19.9 Å². The molecule has 2 aromatic rings. The predicted molar refractivity (Wildman–Crippen MR) is 103 cm³/mol. The molecular formula is C21H22N2O6. The number of ether oxygens (including phenoxy) is 3. The maximum Gasteiger partial charge on any atom is 0.325 e. The quantitative estimate of drug-likeness (QED) is 0.722. The molecule has 152 valence electrons. The number of aliphatic hydroxyl groups excluding tert-OH is 1. The van der Waals surface area contributed by atoms with Gasteiger partial charge in [-0.25, -0.2) is 4.79 Å². The van der Waals surface area contributed by atoms with Gasteiger partial charge >= 0.3 is 6.03 Å². The highest BCUT2D eigenvalue weighted by Gasteiger charge is 2.49. The summed E-state index contributed by atoms with van der Waals surface area (Å²) in [6.07, 6.45) is -1.02. The number of aryl methyl sites for hydroxylation is 1. The van der Waals surface area contributed by atoms with Crippen molar-refractivity contribution in [1.82, 2.24) is 10.2 Å². The molecule has 2 aliphatic heterocycles. The maximum atomic E-state index is 13.0. The van der Waals surface area contributed by atoms with Gasteiger partial charge in [0, 0.05) is 0 Å². The number of rotatable bonds is 6. The number of carbonyl (C=O) groups excluding carboxylic acids is 2. The summed E-state index contributed by atoms with van der Waals surface area (Å²) in [5, 5.41) is 13.0. The summed E-state index contributed by atoms with van der Waals surface area (Å²) in [4.78, 5) is 26.5. The number of imide groups is 1. The van der Waals surface area contributed by atoms with Crippen molar-refractivity contribution in [3.05, 3.63) is 53.6 Å². The molecule has 0 saturated carbocycles. The molecule has 3 amide bonds. The Balaban J connectivity index is 1.43. The third kappa shape index (κ3) is 3.58. The zero-order valence-electron chi connectivity index (χ0n) is 16.2. The van der Waals surface area contributed by atoms with Crippen LogP contribution in [0.25, 0.3) is 0 Å². The van der Waals surface area contributed by atoms with Gasteiger partial charge in [-0.2, -0.15) is 0 Å². The molecule has 2 aliphatic rings. The first-order valence-electron chi connectivity index (χ1n) is 9.28. The number of carbonyl (C=O) groups is 2. The van der Waals surface area contributed by atoms with Crippen LogP contribution in [0.2, 0.25) is 0 Å². The number of nitrogens with zero attached hydrogens (tertiary/aromatic N) is 1. The van der Waals surface area contributed by atoms with E-state index in [0.29, 0.717) is 22.8 Å². The summed E-state index contributed by atoms with van der Waals surface area (Å²) >= 11 is 0. The first kappa shape index (κ1) is 19.1. The number of β-amino-alcohol motifs (C(OH)–C–C–N with tert-alkyl or cyclic N) is 1. The first-order chi connectivity index (χ1) is 13.9. The summed E-state index contributed by atoms with van der Waals surface area (Å²) in [5.41, 5.74) is 0.355. The molecule has 0 spiro atoms. The van der Waals surface area contributed by atoms with Crippen LogP contribution >= 0.6 is 0 Å². The third-order valence-corrected chi connectivity index (χ3v) is 5.05. The highest BCUT2D eigenvalue weighted by Crippen LogP contribution is 2.37. The largest absolute Gasteiger partial charge is 0.491 e. The molecule has 4 rings (SSSR count). The molecule has 2 aromatic carbocycles. The van der Waals surface area contributed by atoms with Crippen molar-refractivity contribution in [3.63, 3.8) is 0 Å². The number of aliphatic hydroxyl groups is 1. The van der Waals surface area contributed by atoms with Gasteiger partial charge in [-0.15, -0.1) is 0 Å². The van der Waals surface area contributed by atoms with Crippen LogP contribution in [0.3, 0.4) is 0 Å². The first-order valence-corrected chi connectivity index (χ1v) is 9.28. The van der Waals surface area contributed by atoms with Gasteiger partial charge in [0.1, 0.15) is 24.0 Å². The number of hydrogen-bond acceptors (Lipinski definition) is 6. The van der Waals surface area contributed by atoms with Gasteiger partial charge in [-0.1, -0.05) is 18.2 Å². The molecule has 29 heavy (non-hydrogen) atoms. The molecular weight excluding hydrogens is 376 g/mol. The van der Waals surface area contributed by atoms with E-state index in [9.17, 15) is 14.7 Å². The zero-order chi connectivity index (χ0) is 20.6. The molecule has 0 aliphatic carbocycles. The van der Waals surface area contributed by atoms with E-state index < -0.39 is 23.6 Å². The second-order valence-electron chi connectivity index (χ2n) is 7.32. The van der Waals surface area contributed by atoms with Crippen molar-refractivity contribution in [1.29, 1.82) is 0 Å². The van der Waals surface area contributed by atoms with E-state index in [1.54, 1.807) is 31.2 Å². The van der Waals surface area contributed by atoms with Gasteiger partial charge in [0.2, 0.25) is 6.79 Å². The Morgan fingerprint density at radius 3 is 2.79 bits per heavy atom. The lowest BCUT2D eigenvalue weighted by Crippen LogP contribution is -2.42. The van der Waals surface area contributed by atoms with Gasteiger partial charge in [0.05, 0.1) is 6.54 Å². The minimum Gasteiger partial charge on any atom is -0.491 e. The van der Waals surface area contributed by atoms with E-state index in [0.717, 1.165) is 10.5 Å². The van der Waals surface area contributed by atoms with Crippen LogP contribution in [0, 0.1) is 6.92 Å². The fourth-order valence-corrected chi connectivity index (χ4v) is 3.43. The van der Waals surface area contributed by atoms with Crippen molar-refractivity contribution < 1.29 is 28.9 Å². The van der Waals surface area contributed by atoms with Crippen molar-refractivity contribution in [3.8, 4) is 17.2 Å². The van der Waals surface area contributed by atoms with Crippen LogP contribution in [0.1, 0.15) is 18.1 Å². The predicted octanol–water partition coefficient (Wildman–Crippen LogP) is 1.93. The molecule has 0 unspecified atom stereocenters. The zero-order valence-corrected chi connectivity index (χ0v) is 16.2. The molecule has 8 heteroatoms. The minimum atomic E-state index is -1.25. The molecule has 1 fully saturated rings. The standard InChI is InChI=1S/C21H22N2O6/c1-13-4-3-5-16(8-13)27-11-15(24)10-23-19(25)21(2,22-20(23)26)14-6-7-17-18(9-14)29-12-28-17/h3-9,15,24H,10-12H2,1-2H3,(H,22,26)/t15-,21-/m0/s1. The summed E-state index contributed by atoms with van der Waals surface area (Å²) in [6.45, 7) is 3.47. The Hall–Kier alpha value is -3.26. The molecule has 0 bridgehead atoms. The van der Waals surface area contributed by atoms with E-state index in [-0.39, 0.29) is 19.9 Å². The molecule has 0 radical (unpaired) electrons. The topological polar surface area (TPSA) is 97.3 Å². The number of urea groups is 1. The Morgan fingerprint density at radius 2 is 2.00 bits per heavy atom. The van der Waals surface area contributed by atoms with Gasteiger partial charge in [-0.05, 0) is 49.2 Å². The lowest BCUT2D eigenvalue weighted by Gasteiger charge is -2.23. The summed E-state index contributed by atoms with van der Waals surface area (Å²) in [5.74, 6) is 1.29. The second-order valence-corrected chi connectivity index (χ2v) is 7.32. The summed E-state index contributed by atoms with van der Waals surface area (Å²) < 4.78 is 16.2. The normalized spacial score (nSPS) is 21.3. The molecule has 1 saturated heterocycles. The van der Waals surface area contributed by atoms with Gasteiger partial charge < -0.3 is 24.6 Å². The fourth-order valence-electron chi connectivity index (χ4n) is 3.43. The van der Waals surface area contributed by atoms with E-state index in [2.05, 4.69) is 5.32 Å². The molecule has 2 heterocycles. The van der Waals surface area contributed by atoms with E-state index in [1.165, 1.54) is 0 Å². The number of nitrogens with one attached hydrogen (secondary N) is 1. The maximum absolute atomic E-state index is 13.0. The smallest absolute Gasteiger partial charge is 0.325 e. The SMILES string of the molecule is Cc1cccc(OC[C@@H](O)CN2C(=O)N[C@@](C)(c3ccc4c(c3)OCO4)C2=O)c1. The Morgan fingerprint density at radius 1 is 1.21 bits per heavy atom. The van der Waals surface area contributed by atoms with Crippen LogP contribution in [0.4, 0.5) is 4.79 Å². The molecule has 2 N–H and O–H groups in total. The Labute approximate surface area is 168 Å². The fraction of sp³-hybridized carbons (Fsp3) is 0.333. The second kappa shape index (κ2) is 7.29. The van der Waals surface area contributed by atoms with Gasteiger partial charge in [0.15, 0.2) is 11.5 Å². The Bertz CT molecular complexity index is 962. The van der Waals surface area contributed by atoms with Crippen molar-refractivity contribution in [2.45, 2.75) is 25.5 Å². The van der Waals surface area contributed by atoms with E-state index in [4.69, 9.17) is 14.2 Å². The van der Waals surface area contributed by atoms with Crippen LogP contribution in [0.15, 0.2) is 42.5 Å². The van der Waals surface area contributed by atoms with Gasteiger partial charge in [-0.3, -0.25) is 9.69 Å². The Kier molecular flexibility index (Phi) is 4.79. The lowest BCUT2D eigenvalue weighted by atomic mass is 9.91. The number of fused-ring (bicyclic) bond motifs is 1. The molecule has 0 aromatic heterocycles. The average molecular weight is 398 g/mol. The average Bonchev–Trinajstić information content (AvgIpc) is 3.25. The number of benzene rings is 2. The molecule has 2 atom stereocenters. The monoisotopic (exact) mass is 398 g/mol.